The largest absolute Gasteiger partial charge is 0.319 e. The Morgan fingerprint density at radius 2 is 2.11 bits per heavy atom. The van der Waals surface area contributed by atoms with Crippen molar-refractivity contribution in [1.82, 2.24) is 9.59 Å². The van der Waals surface area contributed by atoms with Crippen molar-refractivity contribution in [3.8, 4) is 0 Å². The summed E-state index contributed by atoms with van der Waals surface area (Å²) in [4.78, 5) is 11.6. The first-order valence-corrected chi connectivity index (χ1v) is 8.23. The molecule has 0 aliphatic carbocycles. The number of aromatic nitrogens is 2. The predicted octanol–water partition coefficient (Wildman–Crippen LogP) is 2.37. The molecule has 2 rings (SSSR count). The number of benzene rings is 1. The fourth-order valence-corrected chi connectivity index (χ4v) is 2.70. The van der Waals surface area contributed by atoms with Gasteiger partial charge < -0.3 is 5.32 Å². The topological polar surface area (TPSA) is 89.0 Å². The summed E-state index contributed by atoms with van der Waals surface area (Å²) >= 11 is 6.91. The fraction of sp³-hybridized carbons (Fsp3) is 0. The van der Waals surface area contributed by atoms with Crippen LogP contribution in [0.1, 0.15) is 10.5 Å². The maximum atomic E-state index is 11.7. The second-order valence-corrected chi connectivity index (χ2v) is 6.91. The molecular weight excluding hydrogens is 333 g/mol. The van der Waals surface area contributed by atoms with Gasteiger partial charge in [-0.1, -0.05) is 16.1 Å². The highest BCUT2D eigenvalue weighted by molar-refractivity contribution is 8.13. The highest BCUT2D eigenvalue weighted by Crippen LogP contribution is 2.27. The van der Waals surface area contributed by atoms with Crippen LogP contribution < -0.4 is 5.32 Å². The molecule has 2 aromatic rings. The van der Waals surface area contributed by atoms with E-state index >= 15 is 0 Å². The van der Waals surface area contributed by atoms with Gasteiger partial charge in [0.15, 0.2) is 5.69 Å². The normalized spacial score (nSPS) is 11.3. The number of rotatable bonds is 3. The van der Waals surface area contributed by atoms with Crippen LogP contribution in [0.2, 0.25) is 5.02 Å². The maximum absolute atomic E-state index is 11.7. The van der Waals surface area contributed by atoms with E-state index in [4.69, 9.17) is 22.3 Å². The second-order valence-electron chi connectivity index (χ2n) is 3.32. The lowest BCUT2D eigenvalue weighted by Gasteiger charge is -2.06. The summed E-state index contributed by atoms with van der Waals surface area (Å²) in [6, 6.07) is 3.73. The van der Waals surface area contributed by atoms with Crippen LogP contribution in [0, 0.1) is 0 Å². The van der Waals surface area contributed by atoms with E-state index in [1.165, 1.54) is 17.5 Å². The Hall–Kier alpha value is -1.22. The average Bonchev–Trinajstić information content (AvgIpc) is 2.84. The smallest absolute Gasteiger partial charge is 0.277 e. The van der Waals surface area contributed by atoms with Gasteiger partial charge in [0.1, 0.15) is 0 Å². The Balaban J connectivity index is 2.25. The van der Waals surface area contributed by atoms with Crippen LogP contribution in [-0.2, 0) is 9.05 Å². The van der Waals surface area contributed by atoms with Crippen molar-refractivity contribution in [2.45, 2.75) is 4.90 Å². The molecule has 0 fully saturated rings. The number of halogens is 2. The van der Waals surface area contributed by atoms with Crippen molar-refractivity contribution in [1.29, 1.82) is 0 Å². The number of anilines is 1. The minimum atomic E-state index is -3.86. The van der Waals surface area contributed by atoms with Crippen molar-refractivity contribution in [2.75, 3.05) is 5.32 Å². The third kappa shape index (κ3) is 3.41. The molecule has 1 aromatic carbocycles. The monoisotopic (exact) mass is 337 g/mol. The molecule has 100 valence electrons. The highest BCUT2D eigenvalue weighted by Gasteiger charge is 2.15. The summed E-state index contributed by atoms with van der Waals surface area (Å²) in [5.41, 5.74) is 0.402. The van der Waals surface area contributed by atoms with E-state index in [0.717, 1.165) is 17.6 Å². The summed E-state index contributed by atoms with van der Waals surface area (Å²) in [6.45, 7) is 0. The minimum Gasteiger partial charge on any atom is -0.319 e. The van der Waals surface area contributed by atoms with Crippen LogP contribution in [0.4, 0.5) is 5.69 Å². The van der Waals surface area contributed by atoms with Gasteiger partial charge in [0.25, 0.3) is 15.0 Å². The van der Waals surface area contributed by atoms with Gasteiger partial charge in [0, 0.05) is 16.1 Å². The molecule has 1 amide bonds. The molecule has 1 heterocycles. The first kappa shape index (κ1) is 14.2. The van der Waals surface area contributed by atoms with E-state index in [0.29, 0.717) is 0 Å². The van der Waals surface area contributed by atoms with Gasteiger partial charge in [0.2, 0.25) is 0 Å². The number of nitrogens with one attached hydrogen (secondary N) is 1. The zero-order valence-electron chi connectivity index (χ0n) is 9.00. The van der Waals surface area contributed by atoms with Crippen LogP contribution in [0.3, 0.4) is 0 Å². The lowest BCUT2D eigenvalue weighted by molar-refractivity contribution is 0.102. The molecule has 1 aromatic heterocycles. The molecule has 6 nitrogen and oxygen atoms in total. The van der Waals surface area contributed by atoms with Crippen molar-refractivity contribution >= 4 is 54.5 Å². The van der Waals surface area contributed by atoms with Gasteiger partial charge in [-0.25, -0.2) is 8.42 Å². The molecule has 0 radical (unpaired) electrons. The van der Waals surface area contributed by atoms with Crippen LogP contribution in [0.15, 0.2) is 28.5 Å². The fourth-order valence-electron chi connectivity index (χ4n) is 1.20. The summed E-state index contributed by atoms with van der Waals surface area (Å²) < 4.78 is 25.8. The number of carbonyl (C=O) groups is 1. The van der Waals surface area contributed by atoms with Crippen LogP contribution >= 0.6 is 33.8 Å². The van der Waals surface area contributed by atoms with Crippen LogP contribution in [0.5, 0.6) is 0 Å². The molecule has 0 bridgehead atoms. The molecule has 10 heteroatoms. The molecule has 0 saturated heterocycles. The summed E-state index contributed by atoms with van der Waals surface area (Å²) in [6.07, 6.45) is 0. The lowest BCUT2D eigenvalue weighted by Crippen LogP contribution is -2.12. The van der Waals surface area contributed by atoms with E-state index in [1.54, 1.807) is 0 Å². The maximum Gasteiger partial charge on any atom is 0.277 e. The van der Waals surface area contributed by atoms with Gasteiger partial charge in [-0.2, -0.15) is 0 Å². The Morgan fingerprint density at radius 3 is 2.63 bits per heavy atom. The standard InChI is InChI=1S/C9H5Cl2N3O3S2/c10-6-3-5(19(11,16)17)1-2-7(6)12-9(15)8-4-18-14-13-8/h1-4H,(H,12,15). The van der Waals surface area contributed by atoms with Gasteiger partial charge in [-0.3, -0.25) is 4.79 Å². The van der Waals surface area contributed by atoms with Gasteiger partial charge in [-0.05, 0) is 29.7 Å². The minimum absolute atomic E-state index is 0.0539. The van der Waals surface area contributed by atoms with Gasteiger partial charge in [-0.15, -0.1) is 5.10 Å². The first-order chi connectivity index (χ1) is 8.88. The SMILES string of the molecule is O=C(Nc1ccc(S(=O)(=O)Cl)cc1Cl)c1csnn1. The molecule has 0 spiro atoms. The van der Waals surface area contributed by atoms with E-state index < -0.39 is 15.0 Å². The molecule has 1 N–H and O–H groups in total. The first-order valence-electron chi connectivity index (χ1n) is 4.70. The van der Waals surface area contributed by atoms with Crippen molar-refractivity contribution in [3.05, 3.63) is 34.3 Å². The van der Waals surface area contributed by atoms with E-state index in [-0.39, 0.29) is 21.3 Å². The van der Waals surface area contributed by atoms with Crippen molar-refractivity contribution < 1.29 is 13.2 Å². The molecular formula is C9H5Cl2N3O3S2. The zero-order valence-corrected chi connectivity index (χ0v) is 12.1. The van der Waals surface area contributed by atoms with E-state index in [9.17, 15) is 13.2 Å². The zero-order chi connectivity index (χ0) is 14.0. The second kappa shape index (κ2) is 5.41. The van der Waals surface area contributed by atoms with Gasteiger partial charge in [0.05, 0.1) is 15.6 Å². The number of carbonyl (C=O) groups excluding carboxylic acids is 1. The number of amides is 1. The third-order valence-electron chi connectivity index (χ3n) is 2.06. The number of hydrogen-bond acceptors (Lipinski definition) is 6. The molecule has 0 atom stereocenters. The van der Waals surface area contributed by atoms with E-state index in [2.05, 4.69) is 14.9 Å². The van der Waals surface area contributed by atoms with Crippen molar-refractivity contribution in [3.63, 3.8) is 0 Å². The van der Waals surface area contributed by atoms with Gasteiger partial charge >= 0.3 is 0 Å². The Labute approximate surface area is 121 Å². The average molecular weight is 338 g/mol. The quantitative estimate of drug-likeness (QED) is 0.868. The van der Waals surface area contributed by atoms with Crippen LogP contribution in [-0.4, -0.2) is 23.9 Å². The highest BCUT2D eigenvalue weighted by atomic mass is 35.7. The Bertz CT molecular complexity index is 716. The Morgan fingerprint density at radius 1 is 1.37 bits per heavy atom. The molecule has 0 aliphatic rings. The molecule has 0 unspecified atom stereocenters. The molecule has 0 aliphatic heterocycles. The third-order valence-corrected chi connectivity index (χ3v) is 4.23. The lowest BCUT2D eigenvalue weighted by atomic mass is 10.3. The molecule has 19 heavy (non-hydrogen) atoms. The summed E-state index contributed by atoms with van der Waals surface area (Å²) in [5, 5.41) is 7.61. The Kier molecular flexibility index (Phi) is 4.04. The summed E-state index contributed by atoms with van der Waals surface area (Å²) in [7, 11) is 1.32. The van der Waals surface area contributed by atoms with Crippen LogP contribution in [0.25, 0.3) is 0 Å². The van der Waals surface area contributed by atoms with E-state index in [1.807, 2.05) is 0 Å². The number of nitrogens with zero attached hydrogens (tertiary/aromatic N) is 2. The molecule has 0 saturated carbocycles. The summed E-state index contributed by atoms with van der Waals surface area (Å²) in [5.74, 6) is -0.489. The van der Waals surface area contributed by atoms with Crippen molar-refractivity contribution in [2.24, 2.45) is 0 Å². The predicted molar refractivity (Wildman–Crippen MR) is 72.4 cm³/mol. The number of hydrogen-bond donors (Lipinski definition) is 1.